The summed E-state index contributed by atoms with van der Waals surface area (Å²) in [7, 11) is 3.89. The first-order valence-corrected chi connectivity index (χ1v) is 9.44. The summed E-state index contributed by atoms with van der Waals surface area (Å²) < 4.78 is 31.3. The Morgan fingerprint density at radius 3 is 2.60 bits per heavy atom. The number of fused-ring (bicyclic) bond motifs is 1. The van der Waals surface area contributed by atoms with E-state index in [0.717, 1.165) is 28.7 Å². The molecule has 0 aliphatic rings. The van der Waals surface area contributed by atoms with E-state index in [1.807, 2.05) is 37.2 Å². The molecule has 0 aliphatic carbocycles. The van der Waals surface area contributed by atoms with E-state index >= 15 is 0 Å². The quantitative estimate of drug-likeness (QED) is 0.527. The van der Waals surface area contributed by atoms with Gasteiger partial charge in [-0.15, -0.1) is 0 Å². The van der Waals surface area contributed by atoms with Gasteiger partial charge in [-0.05, 0) is 31.2 Å². The minimum absolute atomic E-state index is 0.0412. The molecule has 0 saturated carbocycles. The lowest BCUT2D eigenvalue weighted by molar-refractivity contribution is -0.0354. The number of benzene rings is 2. The summed E-state index contributed by atoms with van der Waals surface area (Å²) in [5.41, 5.74) is -0.0183. The van der Waals surface area contributed by atoms with Gasteiger partial charge in [0.15, 0.2) is 0 Å². The van der Waals surface area contributed by atoms with E-state index in [2.05, 4.69) is 15.2 Å². The molecule has 0 radical (unpaired) electrons. The van der Waals surface area contributed by atoms with Gasteiger partial charge in [0.1, 0.15) is 29.9 Å². The molecule has 2 atom stereocenters. The molecule has 7 nitrogen and oxygen atoms in total. The topological polar surface area (TPSA) is 72.0 Å². The SMILES string of the molecule is C[C@@H](n1ncc2cc(N(C)C)ccc21)[C@](O)(Cn1cncn1)c1ccc(F)cc1F. The Morgan fingerprint density at radius 1 is 1.13 bits per heavy atom. The molecule has 0 fully saturated rings. The third kappa shape index (κ3) is 3.41. The molecular formula is C21H22F2N6O. The summed E-state index contributed by atoms with van der Waals surface area (Å²) in [4.78, 5) is 5.88. The third-order valence-electron chi connectivity index (χ3n) is 5.42. The molecule has 2 aromatic carbocycles. The second-order valence-corrected chi connectivity index (χ2v) is 7.54. The lowest BCUT2D eigenvalue weighted by Crippen LogP contribution is -2.41. The van der Waals surface area contributed by atoms with Crippen molar-refractivity contribution in [1.82, 2.24) is 24.5 Å². The first kappa shape index (κ1) is 20.0. The standard InChI is InChI=1S/C21H22F2N6O/c1-14(29-20-7-5-17(27(2)3)8-15(20)10-25-29)21(30,11-28-13-24-12-26-28)18-6-4-16(22)9-19(18)23/h4-10,12-14,30H,11H2,1-3H3/t14-,21-/m1/s1. The summed E-state index contributed by atoms with van der Waals surface area (Å²) in [6.07, 6.45) is 4.47. The van der Waals surface area contributed by atoms with Crippen LogP contribution in [0.1, 0.15) is 18.5 Å². The molecular weight excluding hydrogens is 390 g/mol. The zero-order valence-electron chi connectivity index (χ0n) is 16.9. The van der Waals surface area contributed by atoms with Gasteiger partial charge >= 0.3 is 0 Å². The monoisotopic (exact) mass is 412 g/mol. The lowest BCUT2D eigenvalue weighted by Gasteiger charge is -2.35. The maximum Gasteiger partial charge on any atom is 0.137 e. The van der Waals surface area contributed by atoms with Crippen LogP contribution in [0.4, 0.5) is 14.5 Å². The van der Waals surface area contributed by atoms with Crippen LogP contribution in [0, 0.1) is 11.6 Å². The molecule has 0 saturated heterocycles. The van der Waals surface area contributed by atoms with Gasteiger partial charge in [0, 0.05) is 36.8 Å². The maximum absolute atomic E-state index is 14.8. The maximum atomic E-state index is 14.8. The molecule has 156 valence electrons. The van der Waals surface area contributed by atoms with Crippen LogP contribution in [-0.2, 0) is 12.1 Å². The van der Waals surface area contributed by atoms with E-state index in [-0.39, 0.29) is 12.1 Å². The van der Waals surface area contributed by atoms with Gasteiger partial charge in [-0.2, -0.15) is 10.2 Å². The fourth-order valence-corrected chi connectivity index (χ4v) is 3.67. The van der Waals surface area contributed by atoms with Crippen LogP contribution >= 0.6 is 0 Å². The van der Waals surface area contributed by atoms with Crippen molar-refractivity contribution in [3.05, 3.63) is 72.4 Å². The first-order valence-electron chi connectivity index (χ1n) is 9.44. The summed E-state index contributed by atoms with van der Waals surface area (Å²) in [6.45, 7) is 1.65. The largest absolute Gasteiger partial charge is 0.381 e. The number of anilines is 1. The number of nitrogens with zero attached hydrogens (tertiary/aromatic N) is 6. The molecule has 0 bridgehead atoms. The van der Waals surface area contributed by atoms with E-state index in [9.17, 15) is 13.9 Å². The van der Waals surface area contributed by atoms with Crippen molar-refractivity contribution >= 4 is 16.6 Å². The minimum Gasteiger partial charge on any atom is -0.381 e. The predicted octanol–water partition coefficient (Wildman–Crippen LogP) is 3.12. The zero-order valence-corrected chi connectivity index (χ0v) is 16.9. The molecule has 4 aromatic rings. The van der Waals surface area contributed by atoms with Gasteiger partial charge in [0.05, 0.1) is 24.3 Å². The molecule has 0 aliphatic heterocycles. The van der Waals surface area contributed by atoms with E-state index in [0.29, 0.717) is 0 Å². The average molecular weight is 412 g/mol. The van der Waals surface area contributed by atoms with Crippen molar-refractivity contribution in [3.63, 3.8) is 0 Å². The number of rotatable bonds is 6. The van der Waals surface area contributed by atoms with Crippen molar-refractivity contribution in [2.75, 3.05) is 19.0 Å². The molecule has 1 N–H and O–H groups in total. The fraction of sp³-hybridized carbons (Fsp3) is 0.286. The molecule has 4 rings (SSSR count). The van der Waals surface area contributed by atoms with Gasteiger partial charge in [-0.3, -0.25) is 4.68 Å². The van der Waals surface area contributed by atoms with Gasteiger partial charge < -0.3 is 10.0 Å². The van der Waals surface area contributed by atoms with Gasteiger partial charge in [-0.1, -0.05) is 6.07 Å². The summed E-state index contributed by atoms with van der Waals surface area (Å²) in [5, 5.41) is 21.1. The highest BCUT2D eigenvalue weighted by Gasteiger charge is 2.41. The number of hydrogen-bond acceptors (Lipinski definition) is 5. The molecule has 0 spiro atoms. The van der Waals surface area contributed by atoms with Crippen LogP contribution in [0.2, 0.25) is 0 Å². The van der Waals surface area contributed by atoms with Crippen LogP contribution < -0.4 is 4.90 Å². The first-order chi connectivity index (χ1) is 14.3. The average Bonchev–Trinajstić information content (AvgIpc) is 3.36. The van der Waals surface area contributed by atoms with Crippen LogP contribution in [0.15, 0.2) is 55.2 Å². The van der Waals surface area contributed by atoms with Crippen molar-refractivity contribution in [1.29, 1.82) is 0 Å². The predicted molar refractivity (Wildman–Crippen MR) is 109 cm³/mol. The van der Waals surface area contributed by atoms with E-state index in [1.54, 1.807) is 17.8 Å². The second-order valence-electron chi connectivity index (χ2n) is 7.54. The number of aromatic nitrogens is 5. The Labute approximate surface area is 172 Å². The Bertz CT molecular complexity index is 1170. The lowest BCUT2D eigenvalue weighted by atomic mass is 9.86. The highest BCUT2D eigenvalue weighted by Crippen LogP contribution is 2.38. The summed E-state index contributed by atoms with van der Waals surface area (Å²) in [5.74, 6) is -1.55. The summed E-state index contributed by atoms with van der Waals surface area (Å²) >= 11 is 0. The second kappa shape index (κ2) is 7.49. The van der Waals surface area contributed by atoms with E-state index < -0.39 is 23.3 Å². The van der Waals surface area contributed by atoms with Crippen molar-refractivity contribution in [2.24, 2.45) is 0 Å². The highest BCUT2D eigenvalue weighted by molar-refractivity contribution is 5.82. The van der Waals surface area contributed by atoms with Crippen molar-refractivity contribution in [2.45, 2.75) is 25.1 Å². The number of halogens is 2. The molecule has 0 amide bonds. The fourth-order valence-electron chi connectivity index (χ4n) is 3.67. The molecule has 30 heavy (non-hydrogen) atoms. The molecule has 0 unspecified atom stereocenters. The molecule has 2 aromatic heterocycles. The van der Waals surface area contributed by atoms with Crippen LogP contribution in [0.25, 0.3) is 10.9 Å². The zero-order chi connectivity index (χ0) is 21.5. The van der Waals surface area contributed by atoms with Crippen LogP contribution in [0.3, 0.4) is 0 Å². The summed E-state index contributed by atoms with van der Waals surface area (Å²) in [6, 6.07) is 8.28. The molecule has 2 heterocycles. The smallest absolute Gasteiger partial charge is 0.137 e. The van der Waals surface area contributed by atoms with Crippen molar-refractivity contribution < 1.29 is 13.9 Å². The third-order valence-corrected chi connectivity index (χ3v) is 5.42. The Hall–Kier alpha value is -3.33. The van der Waals surface area contributed by atoms with Gasteiger partial charge in [0.25, 0.3) is 0 Å². The Balaban J connectivity index is 1.83. The van der Waals surface area contributed by atoms with Crippen LogP contribution in [0.5, 0.6) is 0 Å². The Morgan fingerprint density at radius 2 is 1.93 bits per heavy atom. The van der Waals surface area contributed by atoms with Crippen LogP contribution in [-0.4, -0.2) is 43.7 Å². The van der Waals surface area contributed by atoms with Gasteiger partial charge in [0.2, 0.25) is 0 Å². The minimum atomic E-state index is -1.77. The normalized spacial score (nSPS) is 14.6. The van der Waals surface area contributed by atoms with Gasteiger partial charge in [-0.25, -0.2) is 18.4 Å². The highest BCUT2D eigenvalue weighted by atomic mass is 19.1. The number of aliphatic hydroxyl groups is 1. The molecule has 9 heteroatoms. The number of hydrogen-bond donors (Lipinski definition) is 1. The van der Waals surface area contributed by atoms with Crippen molar-refractivity contribution in [3.8, 4) is 0 Å². The Kier molecular flexibility index (Phi) is 4.98. The van der Waals surface area contributed by atoms with E-state index in [1.165, 1.54) is 23.4 Å². The van der Waals surface area contributed by atoms with E-state index in [4.69, 9.17) is 0 Å².